The number of hydrogen-bond donors (Lipinski definition) is 0. The molecule has 0 aromatic heterocycles. The Hall–Kier alpha value is -0.136. The predicted octanol–water partition coefficient (Wildman–Crippen LogP) is 6.68. The zero-order chi connectivity index (χ0) is 17.1. The van der Waals surface area contributed by atoms with E-state index in [-0.39, 0.29) is 0 Å². The van der Waals surface area contributed by atoms with Crippen LogP contribution in [0.3, 0.4) is 0 Å². The maximum absolute atomic E-state index is 5.51. The van der Waals surface area contributed by atoms with Gasteiger partial charge in [-0.3, -0.25) is 0 Å². The summed E-state index contributed by atoms with van der Waals surface area (Å²) in [5.74, 6) is 0. The van der Waals surface area contributed by atoms with Crippen LogP contribution >= 0.6 is 18.6 Å². The molecule has 3 heteroatoms. The molecule has 0 nitrogen and oxygen atoms in total. The van der Waals surface area contributed by atoms with Crippen LogP contribution in [0.4, 0.5) is 0 Å². The molecule has 22 heavy (non-hydrogen) atoms. The quantitative estimate of drug-likeness (QED) is 0.406. The van der Waals surface area contributed by atoms with Gasteiger partial charge in [-0.15, -0.1) is 0 Å². The summed E-state index contributed by atoms with van der Waals surface area (Å²) in [5, 5.41) is 0. The van der Waals surface area contributed by atoms with Crippen LogP contribution in [0.5, 0.6) is 0 Å². The van der Waals surface area contributed by atoms with Crippen LogP contribution in [-0.4, -0.2) is 3.81 Å². The number of halogens is 2. The van der Waals surface area contributed by atoms with E-state index >= 15 is 0 Å². The molecular formula is C19H28Cl2Ti-2. The number of rotatable bonds is 2. The van der Waals surface area contributed by atoms with Crippen molar-refractivity contribution in [2.24, 2.45) is 0 Å². The molecule has 0 spiro atoms. The molecule has 0 N–H and O–H groups in total. The summed E-state index contributed by atoms with van der Waals surface area (Å²) < 4.78 is 1.21. The van der Waals surface area contributed by atoms with Crippen molar-refractivity contribution in [3.8, 4) is 0 Å². The maximum atomic E-state index is 5.51. The van der Waals surface area contributed by atoms with E-state index in [1.54, 1.807) is 0 Å². The first-order valence-electron chi connectivity index (χ1n) is 7.74. The standard InChI is InChI=1S/2C8H11.C3H6.2ClH.Ti/c2*1-3-8-6-4-5-7(8)2;1-3-2;;;/h2*4-6H,3H2,1-2H3;1-2H3;2*1H;/q2*-1;;;;+2/p-2. The van der Waals surface area contributed by atoms with Gasteiger partial charge in [-0.2, -0.15) is 46.5 Å². The Kier molecular flexibility index (Phi) is 12.2. The van der Waals surface area contributed by atoms with Crippen LogP contribution in [0.25, 0.3) is 0 Å². The zero-order valence-corrected chi connectivity index (χ0v) is 17.7. The molecule has 0 aliphatic heterocycles. The number of aryl methyl sites for hydroxylation is 4. The third-order valence-corrected chi connectivity index (χ3v) is 7.74. The van der Waals surface area contributed by atoms with E-state index in [2.05, 4.69) is 64.1 Å². The Labute approximate surface area is 150 Å². The van der Waals surface area contributed by atoms with E-state index in [4.69, 9.17) is 18.6 Å². The molecule has 2 aromatic carbocycles. The fraction of sp³-hybridized carbons (Fsp3) is 0.421. The van der Waals surface area contributed by atoms with Crippen molar-refractivity contribution in [3.63, 3.8) is 0 Å². The van der Waals surface area contributed by atoms with Crippen LogP contribution in [-0.2, 0) is 28.1 Å². The molecule has 0 saturated heterocycles. The molecule has 124 valence electrons. The van der Waals surface area contributed by atoms with E-state index in [1.165, 1.54) is 38.9 Å². The van der Waals surface area contributed by atoms with Crippen LogP contribution < -0.4 is 0 Å². The minimum absolute atomic E-state index is 1.17. The second-order valence-electron chi connectivity index (χ2n) is 5.44. The van der Waals surface area contributed by atoms with E-state index in [1.807, 2.05) is 13.8 Å². The zero-order valence-electron chi connectivity index (χ0n) is 14.6. The fourth-order valence-corrected chi connectivity index (χ4v) is 1.89. The van der Waals surface area contributed by atoms with Gasteiger partial charge in [0.15, 0.2) is 0 Å². The van der Waals surface area contributed by atoms with Crippen LogP contribution in [0.15, 0.2) is 36.4 Å². The van der Waals surface area contributed by atoms with E-state index in [0.29, 0.717) is 0 Å². The van der Waals surface area contributed by atoms with Crippen molar-refractivity contribution in [2.75, 3.05) is 0 Å². The van der Waals surface area contributed by atoms with Gasteiger partial charge < -0.3 is 0 Å². The molecule has 0 radical (unpaired) electrons. The predicted molar refractivity (Wildman–Crippen MR) is 100 cm³/mol. The van der Waals surface area contributed by atoms with E-state index in [9.17, 15) is 0 Å². The van der Waals surface area contributed by atoms with Gasteiger partial charge in [0, 0.05) is 0 Å². The average molecular weight is 375 g/mol. The molecule has 0 fully saturated rings. The Morgan fingerprint density at radius 2 is 1.23 bits per heavy atom. The molecule has 0 aliphatic rings. The summed E-state index contributed by atoms with van der Waals surface area (Å²) in [5.41, 5.74) is 5.80. The van der Waals surface area contributed by atoms with Gasteiger partial charge in [0.2, 0.25) is 0 Å². The summed E-state index contributed by atoms with van der Waals surface area (Å²) in [7, 11) is 11.0. The molecular weight excluding hydrogens is 347 g/mol. The van der Waals surface area contributed by atoms with Gasteiger partial charge in [0.05, 0.1) is 0 Å². The number of hydrogen-bond acceptors (Lipinski definition) is 0. The first kappa shape index (κ1) is 21.9. The topological polar surface area (TPSA) is 0 Å². The summed E-state index contributed by atoms with van der Waals surface area (Å²) >= 11 is -1.60. The third-order valence-electron chi connectivity index (χ3n) is 3.44. The summed E-state index contributed by atoms with van der Waals surface area (Å²) in [4.78, 5) is 0. The van der Waals surface area contributed by atoms with Crippen molar-refractivity contribution in [2.45, 2.75) is 54.4 Å². The van der Waals surface area contributed by atoms with E-state index < -0.39 is 15.3 Å². The second-order valence-corrected chi connectivity index (χ2v) is 11.7. The molecule has 0 unspecified atom stereocenters. The molecule has 0 aliphatic carbocycles. The molecule has 0 heterocycles. The third kappa shape index (κ3) is 9.10. The molecule has 2 aromatic rings. The summed E-state index contributed by atoms with van der Waals surface area (Å²) in [6.07, 6.45) is 2.33. The van der Waals surface area contributed by atoms with Crippen molar-refractivity contribution in [1.29, 1.82) is 0 Å². The first-order chi connectivity index (χ1) is 10.3. The summed E-state index contributed by atoms with van der Waals surface area (Å²) in [6.45, 7) is 12.6. The Morgan fingerprint density at radius 1 is 0.909 bits per heavy atom. The Morgan fingerprint density at radius 3 is 1.32 bits per heavy atom. The Balaban J connectivity index is 0.000000306. The van der Waals surface area contributed by atoms with Crippen molar-refractivity contribution >= 4 is 22.4 Å². The van der Waals surface area contributed by atoms with Crippen molar-refractivity contribution in [1.82, 2.24) is 0 Å². The first-order valence-corrected chi connectivity index (χ1v) is 12.8. The summed E-state index contributed by atoms with van der Waals surface area (Å²) in [6, 6.07) is 12.9. The van der Waals surface area contributed by atoms with Crippen molar-refractivity contribution in [3.05, 3.63) is 58.7 Å². The molecule has 0 amide bonds. The van der Waals surface area contributed by atoms with Crippen molar-refractivity contribution < 1.29 is 15.3 Å². The minimum atomic E-state index is -1.60. The van der Waals surface area contributed by atoms with Gasteiger partial charge >= 0.3 is 51.6 Å². The molecule has 2 rings (SSSR count). The normalized spacial score (nSPS) is 9.27. The second kappa shape index (κ2) is 12.3. The van der Waals surface area contributed by atoms with Gasteiger partial charge in [0.1, 0.15) is 0 Å². The van der Waals surface area contributed by atoms with Crippen LogP contribution in [0.2, 0.25) is 0 Å². The monoisotopic (exact) mass is 374 g/mol. The van der Waals surface area contributed by atoms with Gasteiger partial charge in [-0.25, -0.2) is 12.1 Å². The average Bonchev–Trinajstić information content (AvgIpc) is 3.07. The van der Waals surface area contributed by atoms with Gasteiger partial charge in [0.25, 0.3) is 0 Å². The SMILES string of the molecule is CCc1[cH-]ccc1C.CCc1[cH-]ccc1C.C[C](C)=[Ti]([Cl])[Cl]. The van der Waals surface area contributed by atoms with E-state index in [0.717, 1.165) is 0 Å². The van der Waals surface area contributed by atoms with Gasteiger partial charge in [-0.1, -0.05) is 40.5 Å². The molecule has 0 saturated carbocycles. The van der Waals surface area contributed by atoms with Gasteiger partial charge in [-0.05, 0) is 0 Å². The fourth-order valence-electron chi connectivity index (χ4n) is 1.89. The Bertz CT molecular complexity index is 503. The van der Waals surface area contributed by atoms with Crippen LogP contribution in [0.1, 0.15) is 49.9 Å². The molecule has 0 bridgehead atoms. The molecule has 0 atom stereocenters. The van der Waals surface area contributed by atoms with Crippen LogP contribution in [0, 0.1) is 13.8 Å².